The zero-order valence-electron chi connectivity index (χ0n) is 12.5. The number of thioether (sulfide) groups is 1. The Balaban J connectivity index is 2.19. The van der Waals surface area contributed by atoms with Crippen molar-refractivity contribution in [2.75, 3.05) is 13.3 Å². The molecule has 0 bridgehead atoms. The Morgan fingerprint density at radius 3 is 2.79 bits per heavy atom. The molecular formula is C17H27NS. The molecule has 1 N–H and O–H groups in total. The monoisotopic (exact) mass is 277 g/mol. The Morgan fingerprint density at radius 2 is 2.11 bits per heavy atom. The average Bonchev–Trinajstić information content (AvgIpc) is 2.49. The van der Waals surface area contributed by atoms with Crippen LogP contribution >= 0.6 is 11.8 Å². The fraction of sp³-hybridized carbons (Fsp3) is 0.647. The summed E-state index contributed by atoms with van der Waals surface area (Å²) in [6.07, 6.45) is 9.14. The Bertz CT molecular complexity index is 391. The first-order valence-corrected chi connectivity index (χ1v) is 8.82. The quantitative estimate of drug-likeness (QED) is 0.769. The van der Waals surface area contributed by atoms with Crippen LogP contribution in [0.5, 0.6) is 0 Å². The Hall–Kier alpha value is -0.470. The summed E-state index contributed by atoms with van der Waals surface area (Å²) in [7, 11) is 2.12. The van der Waals surface area contributed by atoms with Crippen LogP contribution in [0.1, 0.15) is 50.6 Å². The van der Waals surface area contributed by atoms with Crippen LogP contribution in [-0.2, 0) is 0 Å². The van der Waals surface area contributed by atoms with Gasteiger partial charge in [0.25, 0.3) is 0 Å². The first-order chi connectivity index (χ1) is 9.30. The highest BCUT2D eigenvalue weighted by Crippen LogP contribution is 2.40. The van der Waals surface area contributed by atoms with E-state index >= 15 is 0 Å². The third-order valence-corrected chi connectivity index (χ3v) is 5.47. The van der Waals surface area contributed by atoms with Crippen LogP contribution in [0, 0.1) is 11.8 Å². The highest BCUT2D eigenvalue weighted by atomic mass is 32.2. The molecule has 1 aliphatic carbocycles. The van der Waals surface area contributed by atoms with Crippen molar-refractivity contribution in [1.82, 2.24) is 5.32 Å². The molecule has 1 saturated carbocycles. The Kier molecular flexibility index (Phi) is 5.77. The average molecular weight is 277 g/mol. The molecule has 0 saturated heterocycles. The van der Waals surface area contributed by atoms with E-state index in [0.29, 0.717) is 6.04 Å². The topological polar surface area (TPSA) is 12.0 Å². The highest BCUT2D eigenvalue weighted by Gasteiger charge is 2.28. The summed E-state index contributed by atoms with van der Waals surface area (Å²) >= 11 is 1.87. The van der Waals surface area contributed by atoms with Crippen molar-refractivity contribution >= 4 is 11.8 Å². The van der Waals surface area contributed by atoms with Gasteiger partial charge in [0.15, 0.2) is 0 Å². The summed E-state index contributed by atoms with van der Waals surface area (Å²) in [6.45, 7) is 2.34. The van der Waals surface area contributed by atoms with Crippen molar-refractivity contribution in [2.45, 2.75) is 50.0 Å². The summed E-state index contributed by atoms with van der Waals surface area (Å²) in [6, 6.07) is 9.42. The SMILES string of the molecule is CCC1CCCC(C(NC)c2ccccc2SC)C1. The van der Waals surface area contributed by atoms with Crippen LogP contribution in [-0.4, -0.2) is 13.3 Å². The molecule has 0 spiro atoms. The number of nitrogens with one attached hydrogen (secondary N) is 1. The molecule has 3 atom stereocenters. The minimum atomic E-state index is 0.526. The van der Waals surface area contributed by atoms with E-state index in [1.165, 1.54) is 42.6 Å². The second-order valence-corrected chi connectivity index (χ2v) is 6.56. The Morgan fingerprint density at radius 1 is 1.32 bits per heavy atom. The van der Waals surface area contributed by atoms with Crippen LogP contribution in [0.3, 0.4) is 0 Å². The molecule has 1 fully saturated rings. The van der Waals surface area contributed by atoms with Gasteiger partial charge in [-0.25, -0.2) is 0 Å². The summed E-state index contributed by atoms with van der Waals surface area (Å²) in [5, 5.41) is 3.59. The van der Waals surface area contributed by atoms with Gasteiger partial charge in [0.05, 0.1) is 0 Å². The van der Waals surface area contributed by atoms with Crippen molar-refractivity contribution in [3.05, 3.63) is 29.8 Å². The van der Waals surface area contributed by atoms with Gasteiger partial charge < -0.3 is 5.32 Å². The molecule has 2 heteroatoms. The molecule has 106 valence electrons. The number of hydrogen-bond acceptors (Lipinski definition) is 2. The van der Waals surface area contributed by atoms with E-state index in [0.717, 1.165) is 11.8 Å². The van der Waals surface area contributed by atoms with Crippen molar-refractivity contribution < 1.29 is 0 Å². The van der Waals surface area contributed by atoms with Gasteiger partial charge in [-0.1, -0.05) is 44.4 Å². The van der Waals surface area contributed by atoms with Gasteiger partial charge in [0, 0.05) is 10.9 Å². The van der Waals surface area contributed by atoms with Gasteiger partial charge in [0.2, 0.25) is 0 Å². The van der Waals surface area contributed by atoms with Crippen molar-refractivity contribution in [3.63, 3.8) is 0 Å². The first kappa shape index (κ1) is 14.9. The number of benzene rings is 1. The number of hydrogen-bond donors (Lipinski definition) is 1. The van der Waals surface area contributed by atoms with Gasteiger partial charge >= 0.3 is 0 Å². The van der Waals surface area contributed by atoms with Crippen LogP contribution < -0.4 is 5.32 Å². The van der Waals surface area contributed by atoms with E-state index in [1.807, 2.05) is 11.8 Å². The molecule has 1 aliphatic rings. The van der Waals surface area contributed by atoms with Gasteiger partial charge in [-0.2, -0.15) is 0 Å². The predicted molar refractivity (Wildman–Crippen MR) is 85.8 cm³/mol. The lowest BCUT2D eigenvalue weighted by Crippen LogP contribution is -2.29. The zero-order valence-corrected chi connectivity index (χ0v) is 13.3. The second kappa shape index (κ2) is 7.35. The van der Waals surface area contributed by atoms with E-state index < -0.39 is 0 Å². The molecule has 0 aromatic heterocycles. The van der Waals surface area contributed by atoms with Crippen molar-refractivity contribution in [3.8, 4) is 0 Å². The minimum Gasteiger partial charge on any atom is -0.313 e. The number of rotatable bonds is 5. The van der Waals surface area contributed by atoms with E-state index in [2.05, 4.69) is 49.8 Å². The lowest BCUT2D eigenvalue weighted by molar-refractivity contribution is 0.213. The second-order valence-electron chi connectivity index (χ2n) is 5.71. The standard InChI is InChI=1S/C17H27NS/c1-4-13-8-7-9-14(12-13)17(18-2)15-10-5-6-11-16(15)19-3/h5-6,10-11,13-14,17-18H,4,7-9,12H2,1-3H3. The largest absolute Gasteiger partial charge is 0.313 e. The van der Waals surface area contributed by atoms with Crippen LogP contribution in [0.25, 0.3) is 0 Å². The van der Waals surface area contributed by atoms with Crippen molar-refractivity contribution in [1.29, 1.82) is 0 Å². The van der Waals surface area contributed by atoms with Gasteiger partial charge in [-0.05, 0) is 49.6 Å². The normalized spacial score (nSPS) is 25.2. The van der Waals surface area contributed by atoms with Crippen LogP contribution in [0.2, 0.25) is 0 Å². The summed E-state index contributed by atoms with van der Waals surface area (Å²) in [5.41, 5.74) is 1.50. The molecule has 0 heterocycles. The third-order valence-electron chi connectivity index (χ3n) is 4.66. The highest BCUT2D eigenvalue weighted by molar-refractivity contribution is 7.98. The third kappa shape index (κ3) is 3.55. The van der Waals surface area contributed by atoms with Gasteiger partial charge in [0.1, 0.15) is 0 Å². The zero-order chi connectivity index (χ0) is 13.7. The van der Waals surface area contributed by atoms with E-state index in [4.69, 9.17) is 0 Å². The van der Waals surface area contributed by atoms with Gasteiger partial charge in [-0.3, -0.25) is 0 Å². The molecule has 1 nitrogen and oxygen atoms in total. The molecule has 0 aliphatic heterocycles. The molecule has 1 aromatic rings. The predicted octanol–water partition coefficient (Wildman–Crippen LogP) is 4.89. The molecule has 3 unspecified atom stereocenters. The molecule has 2 rings (SSSR count). The summed E-state index contributed by atoms with van der Waals surface area (Å²) in [4.78, 5) is 1.43. The minimum absolute atomic E-state index is 0.526. The molecule has 0 amide bonds. The fourth-order valence-electron chi connectivity index (χ4n) is 3.57. The first-order valence-electron chi connectivity index (χ1n) is 7.60. The molecule has 19 heavy (non-hydrogen) atoms. The van der Waals surface area contributed by atoms with Crippen LogP contribution in [0.15, 0.2) is 29.2 Å². The molecule has 1 aromatic carbocycles. The molecular weight excluding hydrogens is 250 g/mol. The van der Waals surface area contributed by atoms with Crippen LogP contribution in [0.4, 0.5) is 0 Å². The van der Waals surface area contributed by atoms with Crippen molar-refractivity contribution in [2.24, 2.45) is 11.8 Å². The maximum atomic E-state index is 3.59. The lowest BCUT2D eigenvalue weighted by atomic mass is 9.75. The maximum absolute atomic E-state index is 3.59. The Labute approximate surface area is 122 Å². The van der Waals surface area contributed by atoms with E-state index in [-0.39, 0.29) is 0 Å². The molecule has 0 radical (unpaired) electrons. The summed E-state index contributed by atoms with van der Waals surface area (Å²) < 4.78 is 0. The lowest BCUT2D eigenvalue weighted by Gasteiger charge is -2.35. The maximum Gasteiger partial charge on any atom is 0.0357 e. The summed E-state index contributed by atoms with van der Waals surface area (Å²) in [5.74, 6) is 1.74. The smallest absolute Gasteiger partial charge is 0.0357 e. The van der Waals surface area contributed by atoms with E-state index in [1.54, 1.807) is 0 Å². The van der Waals surface area contributed by atoms with E-state index in [9.17, 15) is 0 Å². The fourth-order valence-corrected chi connectivity index (χ4v) is 4.22. The van der Waals surface area contributed by atoms with Gasteiger partial charge in [-0.15, -0.1) is 11.8 Å².